The summed E-state index contributed by atoms with van der Waals surface area (Å²) in [5, 5.41) is 10.2. The van der Waals surface area contributed by atoms with Gasteiger partial charge in [-0.3, -0.25) is 10.3 Å². The van der Waals surface area contributed by atoms with Crippen LogP contribution in [-0.4, -0.2) is 51.3 Å². The number of hydrogen-bond donors (Lipinski definition) is 3. The number of hydrogen-bond acceptors (Lipinski definition) is 4. The largest absolute Gasteiger partial charge is 0.314 e. The Bertz CT molecular complexity index is 376. The van der Waals surface area contributed by atoms with Crippen molar-refractivity contribution >= 4 is 5.71 Å². The third-order valence-electron chi connectivity index (χ3n) is 4.58. The van der Waals surface area contributed by atoms with Gasteiger partial charge in [0.1, 0.15) is 6.17 Å². The average molecular weight is 296 g/mol. The first-order chi connectivity index (χ1) is 10.2. The predicted molar refractivity (Wildman–Crippen MR) is 86.6 cm³/mol. The molecule has 1 aliphatic heterocycles. The third-order valence-corrected chi connectivity index (χ3v) is 4.58. The molecule has 120 valence electrons. The van der Waals surface area contributed by atoms with Crippen molar-refractivity contribution in [2.45, 2.75) is 44.8 Å². The van der Waals surface area contributed by atoms with E-state index in [2.05, 4.69) is 33.9 Å². The number of rotatable bonds is 8. The first-order valence-corrected chi connectivity index (χ1v) is 8.09. The van der Waals surface area contributed by atoms with Crippen molar-refractivity contribution in [1.82, 2.24) is 16.0 Å². The van der Waals surface area contributed by atoms with E-state index in [4.69, 9.17) is 0 Å². The first-order valence-electron chi connectivity index (χ1n) is 8.09. The second kappa shape index (κ2) is 8.61. The van der Waals surface area contributed by atoms with Crippen molar-refractivity contribution in [2.75, 3.05) is 33.4 Å². The summed E-state index contributed by atoms with van der Waals surface area (Å²) in [6.07, 6.45) is 4.65. The van der Waals surface area contributed by atoms with Gasteiger partial charge in [0.25, 0.3) is 0 Å². The zero-order valence-electron chi connectivity index (χ0n) is 13.3. The van der Waals surface area contributed by atoms with Crippen LogP contribution in [0.1, 0.15) is 32.6 Å². The topological polar surface area (TPSA) is 48.5 Å². The third kappa shape index (κ3) is 5.49. The lowest BCUT2D eigenvalue weighted by Crippen LogP contribution is -2.57. The number of allylic oxidation sites excluding steroid dienone is 2. The van der Waals surface area contributed by atoms with Gasteiger partial charge < -0.3 is 10.6 Å². The average Bonchev–Trinajstić information content (AvgIpc) is 2.45. The molecule has 0 spiro atoms. The quantitative estimate of drug-likeness (QED) is 0.276. The van der Waals surface area contributed by atoms with Gasteiger partial charge in [0, 0.05) is 51.0 Å². The summed E-state index contributed by atoms with van der Waals surface area (Å²) < 4.78 is 13.2. The van der Waals surface area contributed by atoms with Gasteiger partial charge in [-0.05, 0) is 32.6 Å². The highest BCUT2D eigenvalue weighted by Gasteiger charge is 2.19. The zero-order valence-corrected chi connectivity index (χ0v) is 13.3. The van der Waals surface area contributed by atoms with Gasteiger partial charge in [-0.2, -0.15) is 0 Å². The van der Waals surface area contributed by atoms with Crippen LogP contribution in [0.4, 0.5) is 4.39 Å². The molecule has 1 aliphatic carbocycles. The maximum atomic E-state index is 13.2. The van der Waals surface area contributed by atoms with E-state index in [0.29, 0.717) is 24.8 Å². The van der Waals surface area contributed by atoms with Crippen LogP contribution in [0.15, 0.2) is 16.6 Å². The SMILES string of the molecule is C/N=C(/C)C(CNCNC1CNC1)CC1=CCC(F)CC1. The fourth-order valence-corrected chi connectivity index (χ4v) is 2.80. The number of alkyl halides is 1. The Morgan fingerprint density at radius 2 is 2.33 bits per heavy atom. The Morgan fingerprint density at radius 1 is 1.52 bits per heavy atom. The van der Waals surface area contributed by atoms with Gasteiger partial charge in [0.15, 0.2) is 0 Å². The van der Waals surface area contributed by atoms with Crippen LogP contribution in [-0.2, 0) is 0 Å². The van der Waals surface area contributed by atoms with Crippen molar-refractivity contribution in [3.8, 4) is 0 Å². The summed E-state index contributed by atoms with van der Waals surface area (Å²) in [6.45, 7) is 5.99. The molecule has 1 heterocycles. The van der Waals surface area contributed by atoms with E-state index in [0.717, 1.165) is 39.1 Å². The fourth-order valence-electron chi connectivity index (χ4n) is 2.80. The summed E-state index contributed by atoms with van der Waals surface area (Å²) in [4.78, 5) is 4.36. The van der Waals surface area contributed by atoms with E-state index in [1.807, 2.05) is 7.05 Å². The Labute approximate surface area is 127 Å². The van der Waals surface area contributed by atoms with Crippen LogP contribution in [0.2, 0.25) is 0 Å². The van der Waals surface area contributed by atoms with Crippen LogP contribution in [0.25, 0.3) is 0 Å². The van der Waals surface area contributed by atoms with Crippen molar-refractivity contribution in [3.05, 3.63) is 11.6 Å². The normalized spacial score (nSPS) is 25.4. The minimum absolute atomic E-state index is 0.415. The van der Waals surface area contributed by atoms with Crippen LogP contribution >= 0.6 is 0 Å². The molecule has 2 rings (SSSR count). The second-order valence-electron chi connectivity index (χ2n) is 6.19. The molecule has 21 heavy (non-hydrogen) atoms. The predicted octanol–water partition coefficient (Wildman–Crippen LogP) is 1.64. The first kappa shape index (κ1) is 16.6. The highest BCUT2D eigenvalue weighted by molar-refractivity contribution is 5.84. The van der Waals surface area contributed by atoms with Gasteiger partial charge in [-0.1, -0.05) is 11.6 Å². The lowest BCUT2D eigenvalue weighted by molar-refractivity contribution is 0.304. The lowest BCUT2D eigenvalue weighted by Gasteiger charge is -2.29. The molecule has 2 aliphatic rings. The summed E-state index contributed by atoms with van der Waals surface area (Å²) in [7, 11) is 1.85. The Balaban J connectivity index is 1.74. The van der Waals surface area contributed by atoms with E-state index in [1.54, 1.807) is 0 Å². The smallest absolute Gasteiger partial charge is 0.104 e. The molecule has 2 unspecified atom stereocenters. The van der Waals surface area contributed by atoms with Gasteiger partial charge in [-0.15, -0.1) is 0 Å². The number of halogens is 1. The monoisotopic (exact) mass is 296 g/mol. The molecule has 0 amide bonds. The van der Waals surface area contributed by atoms with Crippen molar-refractivity contribution in [1.29, 1.82) is 0 Å². The van der Waals surface area contributed by atoms with E-state index in [9.17, 15) is 4.39 Å². The summed E-state index contributed by atoms with van der Waals surface area (Å²) in [5.41, 5.74) is 2.57. The van der Waals surface area contributed by atoms with E-state index < -0.39 is 6.17 Å². The Kier molecular flexibility index (Phi) is 6.80. The molecule has 0 aromatic rings. The number of nitrogens with one attached hydrogen (secondary N) is 3. The Morgan fingerprint density at radius 3 is 2.90 bits per heavy atom. The van der Waals surface area contributed by atoms with E-state index in [1.165, 1.54) is 11.3 Å². The van der Waals surface area contributed by atoms with Crippen LogP contribution in [0.5, 0.6) is 0 Å². The number of nitrogens with zero attached hydrogens (tertiary/aromatic N) is 1. The highest BCUT2D eigenvalue weighted by atomic mass is 19.1. The maximum Gasteiger partial charge on any atom is 0.104 e. The van der Waals surface area contributed by atoms with Crippen molar-refractivity contribution < 1.29 is 4.39 Å². The van der Waals surface area contributed by atoms with Crippen LogP contribution in [0.3, 0.4) is 0 Å². The van der Waals surface area contributed by atoms with Gasteiger partial charge in [0.05, 0.1) is 0 Å². The molecule has 0 bridgehead atoms. The highest BCUT2D eigenvalue weighted by Crippen LogP contribution is 2.26. The summed E-state index contributed by atoms with van der Waals surface area (Å²) >= 11 is 0. The van der Waals surface area contributed by atoms with E-state index in [-0.39, 0.29) is 0 Å². The molecular weight excluding hydrogens is 267 g/mol. The molecule has 1 fully saturated rings. The maximum absolute atomic E-state index is 13.2. The molecule has 5 heteroatoms. The summed E-state index contributed by atoms with van der Waals surface area (Å²) in [5.74, 6) is 0.415. The van der Waals surface area contributed by atoms with Gasteiger partial charge >= 0.3 is 0 Å². The molecular formula is C16H29FN4. The molecule has 2 atom stereocenters. The number of aliphatic imine (C=N–C) groups is 1. The minimum Gasteiger partial charge on any atom is -0.314 e. The summed E-state index contributed by atoms with van der Waals surface area (Å²) in [6, 6.07) is 0.611. The van der Waals surface area contributed by atoms with Crippen molar-refractivity contribution in [3.63, 3.8) is 0 Å². The van der Waals surface area contributed by atoms with E-state index >= 15 is 0 Å². The van der Waals surface area contributed by atoms with Gasteiger partial charge in [0.2, 0.25) is 0 Å². The molecule has 1 saturated heterocycles. The minimum atomic E-state index is -0.633. The molecule has 0 aromatic carbocycles. The molecule has 0 aromatic heterocycles. The fraction of sp³-hybridized carbons (Fsp3) is 0.812. The second-order valence-corrected chi connectivity index (χ2v) is 6.19. The molecule has 0 radical (unpaired) electrons. The standard InChI is InChI=1S/C16H29FN4/c1-12(18-2)14(7-13-3-5-15(17)6-4-13)8-20-11-21-16-9-19-10-16/h3,14-16,19-21H,4-11H2,1-2H3/b18-12-. The van der Waals surface area contributed by atoms with Crippen LogP contribution < -0.4 is 16.0 Å². The molecule has 0 saturated carbocycles. The van der Waals surface area contributed by atoms with Crippen LogP contribution in [0, 0.1) is 5.92 Å². The van der Waals surface area contributed by atoms with Crippen molar-refractivity contribution in [2.24, 2.45) is 10.9 Å². The molecule has 3 N–H and O–H groups in total. The zero-order chi connectivity index (χ0) is 15.1. The molecule has 4 nitrogen and oxygen atoms in total. The van der Waals surface area contributed by atoms with Gasteiger partial charge in [-0.25, -0.2) is 4.39 Å². The lowest BCUT2D eigenvalue weighted by atomic mass is 9.88. The Hall–Kier alpha value is -0.780.